The zero-order valence-corrected chi connectivity index (χ0v) is 17.5. The molecule has 1 amide bonds. The van der Waals surface area contributed by atoms with Gasteiger partial charge >= 0.3 is 0 Å². The Morgan fingerprint density at radius 1 is 1.10 bits per heavy atom. The number of hydrogen-bond acceptors (Lipinski definition) is 3. The van der Waals surface area contributed by atoms with Gasteiger partial charge < -0.3 is 10.1 Å². The molecule has 0 atom stereocenters. The normalized spacial score (nSPS) is 11.1. The standard InChI is InChI=1S/C24H26FN3O2/c1-17-4-6-20(7-5-17)16-28-19(3)23(18(2)27-28)12-13-24(29)26-14-15-30-22-10-8-21(25)9-11-22/h4-13H,14-16H2,1-3H3,(H,26,29)/b13-12+. The molecular formula is C24H26FN3O2. The lowest BCUT2D eigenvalue weighted by molar-refractivity contribution is -0.116. The molecule has 1 aromatic heterocycles. The molecule has 6 heteroatoms. The molecule has 3 aromatic rings. The number of amides is 1. The summed E-state index contributed by atoms with van der Waals surface area (Å²) >= 11 is 0. The molecule has 5 nitrogen and oxygen atoms in total. The van der Waals surface area contributed by atoms with Crippen LogP contribution in [0.25, 0.3) is 6.08 Å². The van der Waals surface area contributed by atoms with Crippen molar-refractivity contribution in [2.24, 2.45) is 0 Å². The van der Waals surface area contributed by atoms with E-state index in [2.05, 4.69) is 41.6 Å². The fourth-order valence-corrected chi connectivity index (χ4v) is 3.06. The lowest BCUT2D eigenvalue weighted by Gasteiger charge is -2.06. The Morgan fingerprint density at radius 3 is 2.50 bits per heavy atom. The number of carbonyl (C=O) groups is 1. The van der Waals surface area contributed by atoms with Gasteiger partial charge in [0.25, 0.3) is 0 Å². The number of aryl methyl sites for hydroxylation is 2. The van der Waals surface area contributed by atoms with E-state index < -0.39 is 0 Å². The second kappa shape index (κ2) is 9.87. The molecular weight excluding hydrogens is 381 g/mol. The topological polar surface area (TPSA) is 56.2 Å². The van der Waals surface area contributed by atoms with Crippen LogP contribution < -0.4 is 10.1 Å². The van der Waals surface area contributed by atoms with Gasteiger partial charge in [0.05, 0.1) is 18.8 Å². The number of rotatable bonds is 8. The Labute approximate surface area is 176 Å². The Morgan fingerprint density at radius 2 is 1.80 bits per heavy atom. The van der Waals surface area contributed by atoms with Gasteiger partial charge in [0, 0.05) is 17.3 Å². The average Bonchev–Trinajstić information content (AvgIpc) is 2.99. The number of carbonyl (C=O) groups excluding carboxylic acids is 1. The maximum absolute atomic E-state index is 12.9. The quantitative estimate of drug-likeness (QED) is 0.450. The third kappa shape index (κ3) is 5.80. The van der Waals surface area contributed by atoms with Crippen molar-refractivity contribution < 1.29 is 13.9 Å². The van der Waals surface area contributed by atoms with E-state index in [-0.39, 0.29) is 11.7 Å². The summed E-state index contributed by atoms with van der Waals surface area (Å²) in [5.41, 5.74) is 5.24. The van der Waals surface area contributed by atoms with Crippen molar-refractivity contribution in [1.82, 2.24) is 15.1 Å². The van der Waals surface area contributed by atoms with Gasteiger partial charge in [0.15, 0.2) is 0 Å². The molecule has 156 valence electrons. The molecule has 1 N–H and O–H groups in total. The van der Waals surface area contributed by atoms with E-state index >= 15 is 0 Å². The molecule has 0 aliphatic heterocycles. The smallest absolute Gasteiger partial charge is 0.244 e. The SMILES string of the molecule is Cc1ccc(Cn2nc(C)c(/C=C/C(=O)NCCOc3ccc(F)cc3)c2C)cc1. The number of ether oxygens (including phenoxy) is 1. The largest absolute Gasteiger partial charge is 0.492 e. The predicted molar refractivity (Wildman–Crippen MR) is 116 cm³/mol. The molecule has 0 fully saturated rings. The maximum atomic E-state index is 12.9. The van der Waals surface area contributed by atoms with Crippen LogP contribution in [-0.4, -0.2) is 28.8 Å². The van der Waals surface area contributed by atoms with Gasteiger partial charge in [0.1, 0.15) is 18.2 Å². The Balaban J connectivity index is 1.52. The minimum Gasteiger partial charge on any atom is -0.492 e. The van der Waals surface area contributed by atoms with Crippen LogP contribution >= 0.6 is 0 Å². The molecule has 0 saturated heterocycles. The minimum absolute atomic E-state index is 0.206. The first-order valence-corrected chi connectivity index (χ1v) is 9.86. The van der Waals surface area contributed by atoms with Gasteiger partial charge in [-0.25, -0.2) is 4.39 Å². The van der Waals surface area contributed by atoms with E-state index in [9.17, 15) is 9.18 Å². The highest BCUT2D eigenvalue weighted by Gasteiger charge is 2.10. The summed E-state index contributed by atoms with van der Waals surface area (Å²) in [6.45, 7) is 7.35. The zero-order valence-electron chi connectivity index (χ0n) is 17.5. The fourth-order valence-electron chi connectivity index (χ4n) is 3.06. The van der Waals surface area contributed by atoms with Crippen LogP contribution in [0.4, 0.5) is 4.39 Å². The van der Waals surface area contributed by atoms with Crippen molar-refractivity contribution in [3.8, 4) is 5.75 Å². The molecule has 1 heterocycles. The van der Waals surface area contributed by atoms with Gasteiger partial charge in [-0.1, -0.05) is 29.8 Å². The van der Waals surface area contributed by atoms with Crippen molar-refractivity contribution in [1.29, 1.82) is 0 Å². The van der Waals surface area contributed by atoms with E-state index in [0.29, 0.717) is 25.4 Å². The van der Waals surface area contributed by atoms with Gasteiger partial charge in [0.2, 0.25) is 5.91 Å². The van der Waals surface area contributed by atoms with Crippen LogP contribution in [0.3, 0.4) is 0 Å². The van der Waals surface area contributed by atoms with Crippen LogP contribution in [0.2, 0.25) is 0 Å². The van der Waals surface area contributed by atoms with Crippen molar-refractivity contribution in [3.05, 3.63) is 88.5 Å². The van der Waals surface area contributed by atoms with Crippen LogP contribution in [0, 0.1) is 26.6 Å². The first kappa shape index (κ1) is 21.3. The first-order valence-electron chi connectivity index (χ1n) is 9.86. The van der Waals surface area contributed by atoms with Crippen LogP contribution in [0.15, 0.2) is 54.6 Å². The highest BCUT2D eigenvalue weighted by atomic mass is 19.1. The lowest BCUT2D eigenvalue weighted by atomic mass is 10.1. The average molecular weight is 407 g/mol. The van der Waals surface area contributed by atoms with E-state index in [4.69, 9.17) is 4.74 Å². The monoisotopic (exact) mass is 407 g/mol. The highest BCUT2D eigenvalue weighted by molar-refractivity contribution is 5.92. The number of hydrogen-bond donors (Lipinski definition) is 1. The van der Waals surface area contributed by atoms with Gasteiger partial charge in [-0.05, 0) is 56.7 Å². The number of nitrogens with one attached hydrogen (secondary N) is 1. The van der Waals surface area contributed by atoms with Crippen molar-refractivity contribution >= 4 is 12.0 Å². The molecule has 0 aliphatic rings. The summed E-state index contributed by atoms with van der Waals surface area (Å²) in [5.74, 6) is 0.0461. The molecule has 0 unspecified atom stereocenters. The number of benzene rings is 2. The summed E-state index contributed by atoms with van der Waals surface area (Å²) in [6, 6.07) is 14.2. The fraction of sp³-hybridized carbons (Fsp3) is 0.250. The minimum atomic E-state index is -0.312. The highest BCUT2D eigenvalue weighted by Crippen LogP contribution is 2.17. The Kier molecular flexibility index (Phi) is 7.01. The van der Waals surface area contributed by atoms with Crippen molar-refractivity contribution in [2.75, 3.05) is 13.2 Å². The van der Waals surface area contributed by atoms with E-state index in [1.54, 1.807) is 18.2 Å². The Bertz CT molecular complexity index is 1020. The van der Waals surface area contributed by atoms with Crippen LogP contribution in [0.5, 0.6) is 5.75 Å². The molecule has 0 radical (unpaired) electrons. The summed E-state index contributed by atoms with van der Waals surface area (Å²) in [4.78, 5) is 12.1. The molecule has 0 aliphatic carbocycles. The first-order chi connectivity index (χ1) is 14.4. The third-order valence-corrected chi connectivity index (χ3v) is 4.78. The second-order valence-electron chi connectivity index (χ2n) is 7.15. The zero-order chi connectivity index (χ0) is 21.5. The number of nitrogens with zero attached hydrogens (tertiary/aromatic N) is 2. The van der Waals surface area contributed by atoms with Gasteiger partial charge in [-0.2, -0.15) is 5.10 Å². The van der Waals surface area contributed by atoms with Crippen LogP contribution in [-0.2, 0) is 11.3 Å². The Hall–Kier alpha value is -3.41. The van der Waals surface area contributed by atoms with E-state index in [0.717, 1.165) is 17.0 Å². The van der Waals surface area contributed by atoms with E-state index in [1.165, 1.54) is 29.3 Å². The molecule has 3 rings (SSSR count). The molecule has 0 saturated carbocycles. The van der Waals surface area contributed by atoms with Gasteiger partial charge in [-0.15, -0.1) is 0 Å². The molecule has 30 heavy (non-hydrogen) atoms. The summed E-state index contributed by atoms with van der Waals surface area (Å²) in [7, 11) is 0. The molecule has 0 bridgehead atoms. The molecule has 0 spiro atoms. The molecule has 2 aromatic carbocycles. The maximum Gasteiger partial charge on any atom is 0.244 e. The second-order valence-corrected chi connectivity index (χ2v) is 7.15. The van der Waals surface area contributed by atoms with Crippen molar-refractivity contribution in [2.45, 2.75) is 27.3 Å². The lowest BCUT2D eigenvalue weighted by Crippen LogP contribution is -2.26. The number of aromatic nitrogens is 2. The predicted octanol–water partition coefficient (Wildman–Crippen LogP) is 4.20. The summed E-state index contributed by atoms with van der Waals surface area (Å²) in [6.07, 6.45) is 3.30. The third-order valence-electron chi connectivity index (χ3n) is 4.78. The summed E-state index contributed by atoms with van der Waals surface area (Å²) < 4.78 is 20.3. The number of halogens is 1. The van der Waals surface area contributed by atoms with Crippen molar-refractivity contribution in [3.63, 3.8) is 0 Å². The van der Waals surface area contributed by atoms with E-state index in [1.807, 2.05) is 18.5 Å². The van der Waals surface area contributed by atoms with Crippen LogP contribution in [0.1, 0.15) is 28.1 Å². The van der Waals surface area contributed by atoms with Gasteiger partial charge in [-0.3, -0.25) is 9.48 Å². The summed E-state index contributed by atoms with van der Waals surface area (Å²) in [5, 5.41) is 7.38.